The number of nitrogens with zero attached hydrogens (tertiary/aromatic N) is 2. The zero-order valence-electron chi connectivity index (χ0n) is 24.2. The molecule has 0 saturated heterocycles. The minimum Gasteiger partial charge on any atom is -0.291 e. The number of fused-ring (bicyclic) bond motifs is 2. The fraction of sp³-hybridized carbons (Fsp3) is 0.0488. The van der Waals surface area contributed by atoms with Crippen molar-refractivity contribution in [3.63, 3.8) is 0 Å². The number of benzene rings is 6. The summed E-state index contributed by atoms with van der Waals surface area (Å²) in [7, 11) is 0. The molecule has 2 heterocycles. The molecular weight excluding hydrogens is 553 g/mol. The van der Waals surface area contributed by atoms with Gasteiger partial charge in [-0.2, -0.15) is 0 Å². The molecule has 0 aliphatic rings. The number of aromatic nitrogens is 2. The number of rotatable bonds is 7. The molecular formula is C41H30N2S. The Morgan fingerprint density at radius 1 is 0.523 bits per heavy atom. The molecule has 0 spiro atoms. The van der Waals surface area contributed by atoms with Gasteiger partial charge in [-0.15, -0.1) is 11.3 Å². The van der Waals surface area contributed by atoms with Gasteiger partial charge in [0, 0.05) is 32.2 Å². The van der Waals surface area contributed by atoms with Crippen LogP contribution >= 0.6 is 11.3 Å². The standard InChI is InChI=1S/C41H30N2S/c1-4-13-29(14-5-1)23-24-30-25-26-39-35(27-30)36(28-44-39)41-42-37-21-10-11-22-38(37)43(41)40-33(31-15-6-2-7-16-31)19-12-20-34(40)32-17-8-3-9-18-32/h1-22,25-28H,23-24H2. The van der Waals surface area contributed by atoms with Crippen LogP contribution in [0.15, 0.2) is 157 Å². The molecule has 8 rings (SSSR count). The molecule has 0 amide bonds. The van der Waals surface area contributed by atoms with E-state index in [0.717, 1.165) is 35.4 Å². The normalized spacial score (nSPS) is 11.4. The fourth-order valence-corrected chi connectivity index (χ4v) is 7.18. The van der Waals surface area contributed by atoms with E-state index < -0.39 is 0 Å². The molecule has 3 heteroatoms. The molecule has 0 fully saturated rings. The Morgan fingerprint density at radius 2 is 1.14 bits per heavy atom. The fourth-order valence-electron chi connectivity index (χ4n) is 6.26. The quantitative estimate of drug-likeness (QED) is 0.183. The van der Waals surface area contributed by atoms with Crippen LogP contribution < -0.4 is 0 Å². The maximum Gasteiger partial charge on any atom is 0.147 e. The lowest BCUT2D eigenvalue weighted by Gasteiger charge is -2.19. The first-order valence-corrected chi connectivity index (χ1v) is 16.0. The van der Waals surface area contributed by atoms with Gasteiger partial charge >= 0.3 is 0 Å². The van der Waals surface area contributed by atoms with E-state index in [4.69, 9.17) is 4.98 Å². The van der Waals surface area contributed by atoms with E-state index in [1.807, 2.05) is 0 Å². The minimum absolute atomic E-state index is 0.971. The highest BCUT2D eigenvalue weighted by atomic mass is 32.1. The topological polar surface area (TPSA) is 17.8 Å². The van der Waals surface area contributed by atoms with Crippen molar-refractivity contribution in [2.24, 2.45) is 0 Å². The second-order valence-corrected chi connectivity index (χ2v) is 12.1. The van der Waals surface area contributed by atoms with Crippen molar-refractivity contribution in [2.45, 2.75) is 12.8 Å². The molecule has 0 aliphatic carbocycles. The third-order valence-corrected chi connectivity index (χ3v) is 9.38. The summed E-state index contributed by atoms with van der Waals surface area (Å²) < 4.78 is 3.68. The average molecular weight is 583 g/mol. The van der Waals surface area contributed by atoms with E-state index in [1.54, 1.807) is 11.3 Å². The highest BCUT2D eigenvalue weighted by Gasteiger charge is 2.23. The van der Waals surface area contributed by atoms with E-state index >= 15 is 0 Å². The van der Waals surface area contributed by atoms with Crippen LogP contribution in [-0.4, -0.2) is 9.55 Å². The molecule has 0 N–H and O–H groups in total. The smallest absolute Gasteiger partial charge is 0.147 e. The Kier molecular flexibility index (Phi) is 6.86. The van der Waals surface area contributed by atoms with E-state index in [1.165, 1.54) is 49.0 Å². The van der Waals surface area contributed by atoms with Gasteiger partial charge in [-0.1, -0.05) is 127 Å². The zero-order chi connectivity index (χ0) is 29.3. The van der Waals surface area contributed by atoms with Gasteiger partial charge in [0.25, 0.3) is 0 Å². The van der Waals surface area contributed by atoms with Gasteiger partial charge in [-0.05, 0) is 59.4 Å². The summed E-state index contributed by atoms with van der Waals surface area (Å²) in [6, 6.07) is 54.3. The summed E-state index contributed by atoms with van der Waals surface area (Å²) >= 11 is 1.79. The van der Waals surface area contributed by atoms with Crippen LogP contribution in [0.4, 0.5) is 0 Å². The van der Waals surface area contributed by atoms with Crippen LogP contribution in [0.3, 0.4) is 0 Å². The summed E-state index contributed by atoms with van der Waals surface area (Å²) in [6.45, 7) is 0. The van der Waals surface area contributed by atoms with Gasteiger partial charge in [0.05, 0.1) is 16.7 Å². The van der Waals surface area contributed by atoms with Crippen LogP contribution in [0.25, 0.3) is 60.4 Å². The molecule has 0 unspecified atom stereocenters. The van der Waals surface area contributed by atoms with Gasteiger partial charge in [0.2, 0.25) is 0 Å². The van der Waals surface area contributed by atoms with E-state index in [9.17, 15) is 0 Å². The van der Waals surface area contributed by atoms with Crippen LogP contribution in [0.1, 0.15) is 11.1 Å². The first-order chi connectivity index (χ1) is 21.8. The lowest BCUT2D eigenvalue weighted by atomic mass is 9.95. The maximum absolute atomic E-state index is 5.34. The van der Waals surface area contributed by atoms with Crippen molar-refractivity contribution >= 4 is 32.5 Å². The van der Waals surface area contributed by atoms with Crippen molar-refractivity contribution in [1.82, 2.24) is 9.55 Å². The highest BCUT2D eigenvalue weighted by Crippen LogP contribution is 2.42. The Balaban J connectivity index is 1.37. The van der Waals surface area contributed by atoms with Crippen molar-refractivity contribution in [3.8, 4) is 39.3 Å². The van der Waals surface area contributed by atoms with Gasteiger partial charge in [-0.25, -0.2) is 4.98 Å². The predicted octanol–water partition coefficient (Wildman–Crippen LogP) is 11.0. The molecule has 6 aromatic carbocycles. The number of para-hydroxylation sites is 3. The van der Waals surface area contributed by atoms with E-state index in [0.29, 0.717) is 0 Å². The molecule has 0 radical (unpaired) electrons. The van der Waals surface area contributed by atoms with Gasteiger partial charge in [0.15, 0.2) is 0 Å². The SMILES string of the molecule is c1ccc(CCc2ccc3scc(-c4nc5ccccc5n4-c4c(-c5ccccc5)cccc4-c4ccccc4)c3c2)cc1. The van der Waals surface area contributed by atoms with Crippen molar-refractivity contribution < 1.29 is 0 Å². The Bertz CT molecular complexity index is 2150. The second-order valence-electron chi connectivity index (χ2n) is 11.2. The Hall–Kier alpha value is -5.25. The zero-order valence-corrected chi connectivity index (χ0v) is 25.0. The van der Waals surface area contributed by atoms with E-state index in [-0.39, 0.29) is 0 Å². The first kappa shape index (κ1) is 26.4. The number of aryl methyl sites for hydroxylation is 2. The van der Waals surface area contributed by atoms with Crippen LogP contribution in [0.2, 0.25) is 0 Å². The molecule has 0 atom stereocenters. The Labute approximate surface area is 261 Å². The minimum atomic E-state index is 0.971. The Morgan fingerprint density at radius 3 is 1.84 bits per heavy atom. The molecule has 2 aromatic heterocycles. The summed E-state index contributed by atoms with van der Waals surface area (Å²) in [5.74, 6) is 0.971. The number of hydrogen-bond donors (Lipinski definition) is 0. The molecule has 0 saturated carbocycles. The molecule has 8 aromatic rings. The van der Waals surface area contributed by atoms with Gasteiger partial charge in [-0.3, -0.25) is 4.57 Å². The predicted molar refractivity (Wildman–Crippen MR) is 187 cm³/mol. The maximum atomic E-state index is 5.34. The molecule has 0 bridgehead atoms. The van der Waals surface area contributed by atoms with Crippen molar-refractivity contribution in [3.05, 3.63) is 168 Å². The van der Waals surface area contributed by atoms with Crippen LogP contribution in [0.5, 0.6) is 0 Å². The summed E-state index contributed by atoms with van der Waals surface area (Å²) in [5.41, 5.74) is 11.8. The highest BCUT2D eigenvalue weighted by molar-refractivity contribution is 7.17. The molecule has 2 nitrogen and oxygen atoms in total. The van der Waals surface area contributed by atoms with Crippen LogP contribution in [0, 0.1) is 0 Å². The summed E-state index contributed by atoms with van der Waals surface area (Å²) in [5, 5.41) is 3.55. The van der Waals surface area contributed by atoms with Crippen LogP contribution in [-0.2, 0) is 12.8 Å². The third-order valence-electron chi connectivity index (χ3n) is 8.41. The average Bonchev–Trinajstić information content (AvgIpc) is 3.69. The number of imidazole rings is 1. The molecule has 44 heavy (non-hydrogen) atoms. The first-order valence-electron chi connectivity index (χ1n) is 15.1. The number of hydrogen-bond acceptors (Lipinski definition) is 2. The molecule has 210 valence electrons. The van der Waals surface area contributed by atoms with E-state index in [2.05, 4.69) is 162 Å². The van der Waals surface area contributed by atoms with Gasteiger partial charge < -0.3 is 0 Å². The van der Waals surface area contributed by atoms with Crippen molar-refractivity contribution in [2.75, 3.05) is 0 Å². The molecule has 0 aliphatic heterocycles. The largest absolute Gasteiger partial charge is 0.291 e. The summed E-state index contributed by atoms with van der Waals surface area (Å²) in [6.07, 6.45) is 2.02. The summed E-state index contributed by atoms with van der Waals surface area (Å²) in [4.78, 5) is 5.34. The lowest BCUT2D eigenvalue weighted by Crippen LogP contribution is -2.03. The second kappa shape index (κ2) is 11.4. The third kappa shape index (κ3) is 4.82. The monoisotopic (exact) mass is 582 g/mol. The van der Waals surface area contributed by atoms with Gasteiger partial charge in [0.1, 0.15) is 5.82 Å². The van der Waals surface area contributed by atoms with Crippen molar-refractivity contribution in [1.29, 1.82) is 0 Å². The lowest BCUT2D eigenvalue weighted by molar-refractivity contribution is 0.962. The number of thiophene rings is 1.